The first-order valence-corrected chi connectivity index (χ1v) is 5.36. The van der Waals surface area contributed by atoms with Gasteiger partial charge in [-0.2, -0.15) is 0 Å². The minimum atomic E-state index is -0.741. The quantitative estimate of drug-likeness (QED) is 0.741. The molecule has 0 aromatic heterocycles. The maximum Gasteiger partial charge on any atom is 0.229 e. The Kier molecular flexibility index (Phi) is 2.14. The fourth-order valence-corrected chi connectivity index (χ4v) is 1.94. The van der Waals surface area contributed by atoms with Crippen LogP contribution < -0.4 is 10.1 Å². The van der Waals surface area contributed by atoms with Gasteiger partial charge in [-0.15, -0.1) is 0 Å². The van der Waals surface area contributed by atoms with Gasteiger partial charge < -0.3 is 14.8 Å². The van der Waals surface area contributed by atoms with Crippen LogP contribution in [0.2, 0.25) is 0 Å². The lowest BCUT2D eigenvalue weighted by atomic mass is 9.98. The van der Waals surface area contributed by atoms with Crippen molar-refractivity contribution in [3.8, 4) is 5.75 Å². The molecule has 2 heterocycles. The lowest BCUT2D eigenvalue weighted by Crippen LogP contribution is -2.35. The predicted octanol–water partition coefficient (Wildman–Crippen LogP) is 2.20. The Bertz CT molecular complexity index is 507. The van der Waals surface area contributed by atoms with Crippen LogP contribution >= 0.6 is 0 Å². The number of fused-ring (bicyclic) bond motifs is 1. The number of anilines is 1. The molecule has 0 unspecified atom stereocenters. The van der Waals surface area contributed by atoms with E-state index in [9.17, 15) is 4.79 Å². The van der Waals surface area contributed by atoms with Crippen LogP contribution in [0.3, 0.4) is 0 Å². The van der Waals surface area contributed by atoms with Crippen molar-refractivity contribution < 1.29 is 14.3 Å². The fourth-order valence-electron chi connectivity index (χ4n) is 1.94. The zero-order chi connectivity index (χ0) is 11.7. The molecule has 1 spiro atoms. The van der Waals surface area contributed by atoms with Crippen LogP contribution in [-0.4, -0.2) is 11.5 Å². The second kappa shape index (κ2) is 3.66. The summed E-state index contributed by atoms with van der Waals surface area (Å²) in [5.41, 5.74) is -0.0442. The first-order chi connectivity index (χ1) is 8.27. The molecule has 4 nitrogen and oxygen atoms in total. The molecule has 0 fully saturated rings. The van der Waals surface area contributed by atoms with Crippen LogP contribution in [0.15, 0.2) is 48.9 Å². The number of para-hydroxylation sites is 2. The number of carbonyl (C=O) groups excluding carboxylic acids is 1. The summed E-state index contributed by atoms with van der Waals surface area (Å²) in [7, 11) is 0. The van der Waals surface area contributed by atoms with E-state index in [0.29, 0.717) is 11.4 Å². The van der Waals surface area contributed by atoms with Crippen molar-refractivity contribution in [1.82, 2.24) is 0 Å². The molecule has 2 aliphatic heterocycles. The number of benzene rings is 1. The average molecular weight is 229 g/mol. The molecule has 3 rings (SSSR count). The highest BCUT2D eigenvalue weighted by molar-refractivity contribution is 5.94. The number of ether oxygens (including phenoxy) is 2. The number of hydrogen-bond acceptors (Lipinski definition) is 3. The molecule has 0 saturated heterocycles. The molecule has 1 N–H and O–H groups in total. The van der Waals surface area contributed by atoms with Crippen molar-refractivity contribution in [2.24, 2.45) is 0 Å². The summed E-state index contributed by atoms with van der Waals surface area (Å²) < 4.78 is 10.9. The minimum Gasteiger partial charge on any atom is -0.476 e. The summed E-state index contributed by atoms with van der Waals surface area (Å²) in [5.74, 6) is 0.584. The minimum absolute atomic E-state index is 0.0776. The van der Waals surface area contributed by atoms with Gasteiger partial charge in [0.1, 0.15) is 5.75 Å². The normalized spacial score (nSPS) is 19.9. The summed E-state index contributed by atoms with van der Waals surface area (Å²) in [5, 5.41) is 2.82. The third-order valence-electron chi connectivity index (χ3n) is 2.76. The average Bonchev–Trinajstić information content (AvgIpc) is 2.45. The third kappa shape index (κ3) is 1.78. The molecule has 1 aromatic carbocycles. The van der Waals surface area contributed by atoms with E-state index < -0.39 is 5.60 Å². The van der Waals surface area contributed by atoms with Gasteiger partial charge in [0.2, 0.25) is 5.91 Å². The van der Waals surface area contributed by atoms with Crippen molar-refractivity contribution in [2.75, 3.05) is 5.32 Å². The van der Waals surface area contributed by atoms with Crippen molar-refractivity contribution in [3.63, 3.8) is 0 Å². The van der Waals surface area contributed by atoms with Gasteiger partial charge in [0.05, 0.1) is 24.6 Å². The van der Waals surface area contributed by atoms with Crippen LogP contribution in [0.4, 0.5) is 5.69 Å². The van der Waals surface area contributed by atoms with E-state index in [4.69, 9.17) is 9.47 Å². The molecular formula is C13H11NO3. The fraction of sp³-hybridized carbons (Fsp3) is 0.154. The Morgan fingerprint density at radius 3 is 2.76 bits per heavy atom. The van der Waals surface area contributed by atoms with E-state index in [1.165, 1.54) is 12.5 Å². The number of carbonyl (C=O) groups is 1. The van der Waals surface area contributed by atoms with Gasteiger partial charge >= 0.3 is 0 Å². The van der Waals surface area contributed by atoms with Gasteiger partial charge in [-0.25, -0.2) is 0 Å². The molecule has 86 valence electrons. The van der Waals surface area contributed by atoms with Crippen molar-refractivity contribution in [3.05, 3.63) is 48.9 Å². The zero-order valence-corrected chi connectivity index (χ0v) is 9.05. The Hall–Kier alpha value is -2.23. The van der Waals surface area contributed by atoms with E-state index in [1.807, 2.05) is 24.3 Å². The van der Waals surface area contributed by atoms with E-state index in [2.05, 4.69) is 5.32 Å². The predicted molar refractivity (Wildman–Crippen MR) is 62.4 cm³/mol. The van der Waals surface area contributed by atoms with E-state index in [1.54, 1.807) is 12.2 Å². The molecule has 2 aliphatic rings. The highest BCUT2D eigenvalue weighted by atomic mass is 16.5. The molecule has 0 bridgehead atoms. The zero-order valence-electron chi connectivity index (χ0n) is 9.05. The van der Waals surface area contributed by atoms with Crippen molar-refractivity contribution >= 4 is 11.6 Å². The monoisotopic (exact) mass is 229 g/mol. The lowest BCUT2D eigenvalue weighted by Gasteiger charge is -2.27. The topological polar surface area (TPSA) is 47.6 Å². The summed E-state index contributed by atoms with van der Waals surface area (Å²) in [6.07, 6.45) is 6.78. The molecule has 4 heteroatoms. The molecular weight excluding hydrogens is 218 g/mol. The standard InChI is InChI=1S/C13H11NO3/c15-12-9-13(5-7-16-8-6-13)17-11-4-2-1-3-10(11)14-12/h1-8H,9H2,(H,14,15). The second-order valence-corrected chi connectivity index (χ2v) is 4.02. The van der Waals surface area contributed by atoms with Crippen LogP contribution in [0, 0.1) is 0 Å². The molecule has 0 aliphatic carbocycles. The summed E-state index contributed by atoms with van der Waals surface area (Å²) >= 11 is 0. The highest BCUT2D eigenvalue weighted by Gasteiger charge is 2.35. The van der Waals surface area contributed by atoms with Gasteiger partial charge in [0, 0.05) is 0 Å². The summed E-state index contributed by atoms with van der Waals surface area (Å²) in [6.45, 7) is 0. The van der Waals surface area contributed by atoms with Crippen LogP contribution in [0.5, 0.6) is 5.75 Å². The number of amides is 1. The molecule has 0 atom stereocenters. The van der Waals surface area contributed by atoms with Crippen molar-refractivity contribution in [2.45, 2.75) is 12.0 Å². The largest absolute Gasteiger partial charge is 0.476 e. The Labute approximate surface area is 98.5 Å². The summed E-state index contributed by atoms with van der Waals surface area (Å²) in [6, 6.07) is 7.38. The van der Waals surface area contributed by atoms with Gasteiger partial charge in [0.15, 0.2) is 5.60 Å². The Morgan fingerprint density at radius 1 is 1.18 bits per heavy atom. The third-order valence-corrected chi connectivity index (χ3v) is 2.76. The van der Waals surface area contributed by atoms with E-state index in [-0.39, 0.29) is 12.3 Å². The maximum absolute atomic E-state index is 11.8. The number of nitrogens with one attached hydrogen (secondary N) is 1. The maximum atomic E-state index is 11.8. The van der Waals surface area contributed by atoms with Crippen molar-refractivity contribution in [1.29, 1.82) is 0 Å². The Morgan fingerprint density at radius 2 is 1.94 bits per heavy atom. The SMILES string of the molecule is O=C1CC2(C=COC=C2)Oc2ccccc2N1. The van der Waals surface area contributed by atoms with Gasteiger partial charge in [-0.1, -0.05) is 12.1 Å². The first kappa shape index (κ1) is 9.96. The van der Waals surface area contributed by atoms with Gasteiger partial charge in [-0.05, 0) is 24.3 Å². The van der Waals surface area contributed by atoms with Gasteiger partial charge in [-0.3, -0.25) is 4.79 Å². The van der Waals surface area contributed by atoms with Crippen LogP contribution in [0.1, 0.15) is 6.42 Å². The highest BCUT2D eigenvalue weighted by Crippen LogP contribution is 2.35. The lowest BCUT2D eigenvalue weighted by molar-refractivity contribution is -0.117. The molecule has 17 heavy (non-hydrogen) atoms. The number of hydrogen-bond donors (Lipinski definition) is 1. The first-order valence-electron chi connectivity index (χ1n) is 5.36. The van der Waals surface area contributed by atoms with E-state index >= 15 is 0 Å². The van der Waals surface area contributed by atoms with Crippen LogP contribution in [-0.2, 0) is 9.53 Å². The van der Waals surface area contributed by atoms with Crippen LogP contribution in [0.25, 0.3) is 0 Å². The number of rotatable bonds is 0. The second-order valence-electron chi connectivity index (χ2n) is 4.02. The molecule has 0 saturated carbocycles. The van der Waals surface area contributed by atoms with E-state index in [0.717, 1.165) is 0 Å². The molecule has 0 radical (unpaired) electrons. The summed E-state index contributed by atoms with van der Waals surface area (Å²) in [4.78, 5) is 11.8. The molecule has 1 aromatic rings. The molecule has 1 amide bonds. The van der Waals surface area contributed by atoms with Gasteiger partial charge in [0.25, 0.3) is 0 Å². The smallest absolute Gasteiger partial charge is 0.229 e. The Balaban J connectivity index is 2.05.